The Morgan fingerprint density at radius 3 is 2.77 bits per heavy atom. The molecule has 0 spiro atoms. The van der Waals surface area contributed by atoms with Crippen molar-refractivity contribution >= 4 is 22.6 Å². The van der Waals surface area contributed by atoms with Crippen molar-refractivity contribution in [2.24, 2.45) is 0 Å². The Morgan fingerprint density at radius 1 is 1.11 bits per heavy atom. The van der Waals surface area contributed by atoms with Crippen LogP contribution in [0.15, 0.2) is 66.7 Å². The van der Waals surface area contributed by atoms with Gasteiger partial charge in [0.2, 0.25) is 0 Å². The molecule has 1 atom stereocenters. The van der Waals surface area contributed by atoms with E-state index >= 15 is 0 Å². The smallest absolute Gasteiger partial charge is 0.319 e. The van der Waals surface area contributed by atoms with Crippen molar-refractivity contribution in [2.45, 2.75) is 51.7 Å². The Hall–Kier alpha value is -3.99. The van der Waals surface area contributed by atoms with Crippen molar-refractivity contribution in [3.63, 3.8) is 0 Å². The minimum atomic E-state index is -0.183. The van der Waals surface area contributed by atoms with E-state index in [9.17, 15) is 4.79 Å². The lowest BCUT2D eigenvalue weighted by Crippen LogP contribution is -2.45. The van der Waals surface area contributed by atoms with Crippen molar-refractivity contribution in [1.82, 2.24) is 45.5 Å². The number of pyridine rings is 1. The summed E-state index contributed by atoms with van der Waals surface area (Å²) in [6, 6.07) is 4.05. The Morgan fingerprint density at radius 2 is 2.00 bits per heavy atom. The first-order chi connectivity index (χ1) is 21.6. The number of allylic oxidation sites excluding steroid dienone is 5. The lowest BCUT2D eigenvalue weighted by atomic mass is 9.95. The van der Waals surface area contributed by atoms with Gasteiger partial charge in [-0.15, -0.1) is 0 Å². The minimum Gasteiger partial charge on any atom is -0.342 e. The number of urea groups is 1. The van der Waals surface area contributed by atoms with E-state index in [2.05, 4.69) is 98.4 Å². The summed E-state index contributed by atoms with van der Waals surface area (Å²) in [4.78, 5) is 25.7. The number of amides is 2. The minimum absolute atomic E-state index is 0.0717. The summed E-state index contributed by atoms with van der Waals surface area (Å²) in [6.45, 7) is 10.5. The molecule has 4 heterocycles. The standard InChI is InChI=1S/C34H45N9O/c1-3-43-24-31(32(40-43)25-10-12-27(13-11-25)39-34(44)38-26-8-5-4-6-9-26)29-14-16-36-33-30(29)22-28(37-33)23-35-15-7-17-42-20-18-41(2)19-21-42/h5,8-12,14,16,22,24,27,35H,3-4,6-7,13,15,17-21,23H2,1-2H3,(H,36,37)(H2,38,39,44). The van der Waals surface area contributed by atoms with E-state index in [-0.39, 0.29) is 12.1 Å². The lowest BCUT2D eigenvalue weighted by Gasteiger charge is -2.32. The van der Waals surface area contributed by atoms with E-state index in [0.717, 1.165) is 103 Å². The van der Waals surface area contributed by atoms with E-state index < -0.39 is 0 Å². The number of piperazine rings is 1. The first kappa shape index (κ1) is 30.1. The molecule has 0 radical (unpaired) electrons. The van der Waals surface area contributed by atoms with Gasteiger partial charge in [-0.1, -0.05) is 30.4 Å². The molecule has 44 heavy (non-hydrogen) atoms. The summed E-state index contributed by atoms with van der Waals surface area (Å²) in [5, 5.41) is 15.7. The van der Waals surface area contributed by atoms with E-state index in [1.54, 1.807) is 0 Å². The number of aromatic nitrogens is 4. The molecule has 3 aliphatic rings. The molecule has 0 aromatic carbocycles. The van der Waals surface area contributed by atoms with Crippen LogP contribution in [0.2, 0.25) is 0 Å². The molecule has 4 N–H and O–H groups in total. The zero-order valence-electron chi connectivity index (χ0n) is 26.0. The number of hydrogen-bond acceptors (Lipinski definition) is 6. The highest BCUT2D eigenvalue weighted by Crippen LogP contribution is 2.35. The van der Waals surface area contributed by atoms with Crippen molar-refractivity contribution in [2.75, 3.05) is 46.3 Å². The fourth-order valence-electron chi connectivity index (χ4n) is 6.07. The topological polar surface area (TPSA) is 106 Å². The summed E-state index contributed by atoms with van der Waals surface area (Å²) in [5.74, 6) is 0. The molecule has 3 aromatic rings. The molecule has 10 nitrogen and oxygen atoms in total. The number of hydrogen-bond donors (Lipinski definition) is 4. The third-order valence-corrected chi connectivity index (χ3v) is 8.65. The molecule has 3 aromatic heterocycles. The molecule has 1 aliphatic heterocycles. The quantitative estimate of drug-likeness (QED) is 0.245. The second-order valence-corrected chi connectivity index (χ2v) is 11.9. The second-order valence-electron chi connectivity index (χ2n) is 11.9. The van der Waals surface area contributed by atoms with Crippen LogP contribution in [-0.2, 0) is 13.1 Å². The van der Waals surface area contributed by atoms with Crippen LogP contribution in [0.25, 0.3) is 27.7 Å². The van der Waals surface area contributed by atoms with Crippen LogP contribution >= 0.6 is 0 Å². The Bertz CT molecular complexity index is 1570. The van der Waals surface area contributed by atoms with Gasteiger partial charge in [0, 0.05) is 74.0 Å². The average molecular weight is 596 g/mol. The molecule has 1 unspecified atom stereocenters. The largest absolute Gasteiger partial charge is 0.342 e. The number of aromatic amines is 1. The van der Waals surface area contributed by atoms with E-state index in [1.165, 1.54) is 13.1 Å². The number of fused-ring (bicyclic) bond motifs is 1. The number of likely N-dealkylation sites (N-methyl/N-ethyl adjacent to an activating group) is 1. The van der Waals surface area contributed by atoms with E-state index in [1.807, 2.05) is 17.0 Å². The van der Waals surface area contributed by atoms with Crippen LogP contribution in [0.3, 0.4) is 0 Å². The monoisotopic (exact) mass is 595 g/mol. The summed E-state index contributed by atoms with van der Waals surface area (Å²) in [7, 11) is 2.20. The SMILES string of the molecule is CCn1cc(-c2ccnc3[nH]c(CNCCCN4CCN(C)CC4)cc23)c(C2=CCC(NC(=O)NC3=CCCC=C3)C=C2)n1. The van der Waals surface area contributed by atoms with Gasteiger partial charge in [0.05, 0.1) is 11.7 Å². The number of rotatable bonds is 11. The predicted molar refractivity (Wildman–Crippen MR) is 177 cm³/mol. The van der Waals surface area contributed by atoms with Crippen LogP contribution in [0.4, 0.5) is 4.79 Å². The van der Waals surface area contributed by atoms with Gasteiger partial charge in [-0.25, -0.2) is 9.78 Å². The molecule has 2 amide bonds. The number of nitrogens with one attached hydrogen (secondary N) is 4. The summed E-state index contributed by atoms with van der Waals surface area (Å²) >= 11 is 0. The lowest BCUT2D eigenvalue weighted by molar-refractivity contribution is 0.152. The first-order valence-corrected chi connectivity index (χ1v) is 16.0. The summed E-state index contributed by atoms with van der Waals surface area (Å²) < 4.78 is 1.99. The fourth-order valence-corrected chi connectivity index (χ4v) is 6.07. The number of carbonyl (C=O) groups is 1. The van der Waals surface area contributed by atoms with Gasteiger partial charge in [0.25, 0.3) is 0 Å². The van der Waals surface area contributed by atoms with Crippen LogP contribution in [-0.4, -0.2) is 87.9 Å². The van der Waals surface area contributed by atoms with Crippen LogP contribution < -0.4 is 16.0 Å². The Labute approximate surface area is 260 Å². The fraction of sp³-hybridized carbons (Fsp3) is 0.441. The van der Waals surface area contributed by atoms with Gasteiger partial charge in [0.15, 0.2) is 0 Å². The van der Waals surface area contributed by atoms with E-state index in [0.29, 0.717) is 6.42 Å². The molecule has 1 saturated heterocycles. The van der Waals surface area contributed by atoms with Gasteiger partial charge < -0.3 is 30.7 Å². The van der Waals surface area contributed by atoms with Crippen LogP contribution in [0.1, 0.15) is 44.0 Å². The highest BCUT2D eigenvalue weighted by molar-refractivity contribution is 5.97. The number of carbonyl (C=O) groups excluding carboxylic acids is 1. The number of aryl methyl sites for hydroxylation is 1. The maximum absolute atomic E-state index is 12.5. The normalized spacial score (nSPS) is 19.3. The van der Waals surface area contributed by atoms with Crippen LogP contribution in [0.5, 0.6) is 0 Å². The summed E-state index contributed by atoms with van der Waals surface area (Å²) in [6.07, 6.45) is 20.2. The molecular formula is C34H45N9O. The molecule has 2 aliphatic carbocycles. The highest BCUT2D eigenvalue weighted by Gasteiger charge is 2.20. The van der Waals surface area contributed by atoms with Crippen molar-refractivity contribution < 1.29 is 4.79 Å². The van der Waals surface area contributed by atoms with Gasteiger partial charge in [-0.2, -0.15) is 5.10 Å². The second kappa shape index (κ2) is 14.2. The number of nitrogens with zero attached hydrogens (tertiary/aromatic N) is 5. The molecular weight excluding hydrogens is 550 g/mol. The highest BCUT2D eigenvalue weighted by atomic mass is 16.2. The molecule has 1 fully saturated rings. The zero-order valence-corrected chi connectivity index (χ0v) is 26.0. The van der Waals surface area contributed by atoms with Gasteiger partial charge in [-0.3, -0.25) is 4.68 Å². The Balaban J connectivity index is 1.10. The van der Waals surface area contributed by atoms with Crippen molar-refractivity contribution in [3.8, 4) is 11.1 Å². The third-order valence-electron chi connectivity index (χ3n) is 8.65. The van der Waals surface area contributed by atoms with Gasteiger partial charge in [0.1, 0.15) is 5.65 Å². The molecule has 232 valence electrons. The van der Waals surface area contributed by atoms with Gasteiger partial charge >= 0.3 is 6.03 Å². The van der Waals surface area contributed by atoms with E-state index in [4.69, 9.17) is 5.10 Å². The summed E-state index contributed by atoms with van der Waals surface area (Å²) in [5.41, 5.74) is 7.08. The molecule has 10 heteroatoms. The molecule has 0 bridgehead atoms. The maximum Gasteiger partial charge on any atom is 0.319 e. The van der Waals surface area contributed by atoms with Crippen molar-refractivity contribution in [3.05, 3.63) is 78.1 Å². The average Bonchev–Trinajstić information content (AvgIpc) is 3.67. The van der Waals surface area contributed by atoms with Crippen LogP contribution in [0, 0.1) is 0 Å². The number of H-pyrrole nitrogens is 1. The predicted octanol–water partition coefficient (Wildman–Crippen LogP) is 4.42. The van der Waals surface area contributed by atoms with Gasteiger partial charge in [-0.05, 0) is 82.1 Å². The Kier molecular flexibility index (Phi) is 9.70. The zero-order chi connectivity index (χ0) is 30.3. The molecule has 6 rings (SSSR count). The maximum atomic E-state index is 12.5. The third kappa shape index (κ3) is 7.38. The van der Waals surface area contributed by atoms with Crippen molar-refractivity contribution in [1.29, 1.82) is 0 Å². The first-order valence-electron chi connectivity index (χ1n) is 16.0. The molecule has 0 saturated carbocycles.